The van der Waals surface area contributed by atoms with Gasteiger partial charge >= 0.3 is 0 Å². The lowest BCUT2D eigenvalue weighted by molar-refractivity contribution is -0.115. The highest BCUT2D eigenvalue weighted by Crippen LogP contribution is 2.32. The van der Waals surface area contributed by atoms with Crippen molar-refractivity contribution in [2.45, 2.75) is 45.9 Å². The Morgan fingerprint density at radius 2 is 1.68 bits per heavy atom. The van der Waals surface area contributed by atoms with Crippen LogP contribution in [0.15, 0.2) is 29.2 Å². The molecule has 0 fully saturated rings. The Balaban J connectivity index is 1.98. The number of hydrogen-bond acceptors (Lipinski definition) is 5. The zero-order valence-electron chi connectivity index (χ0n) is 16.5. The van der Waals surface area contributed by atoms with Crippen LogP contribution in [-0.4, -0.2) is 19.3 Å². The van der Waals surface area contributed by atoms with Gasteiger partial charge in [0.2, 0.25) is 5.91 Å². The Kier molecular flexibility index (Phi) is 5.45. The normalized spacial score (nSPS) is 11.6. The number of benzene rings is 2. The molecule has 0 aliphatic heterocycles. The molecule has 0 saturated carbocycles. The van der Waals surface area contributed by atoms with Crippen LogP contribution in [0.3, 0.4) is 0 Å². The number of nitrogens with one attached hydrogen (secondary N) is 2. The van der Waals surface area contributed by atoms with Crippen molar-refractivity contribution in [3.63, 3.8) is 0 Å². The number of thiazole rings is 1. The van der Waals surface area contributed by atoms with Crippen LogP contribution in [0.4, 0.5) is 10.8 Å². The van der Waals surface area contributed by atoms with Gasteiger partial charge in [0.25, 0.3) is 10.0 Å². The van der Waals surface area contributed by atoms with Crippen molar-refractivity contribution >= 4 is 48.3 Å². The molecule has 1 aromatic heterocycles. The average molecular weight is 418 g/mol. The number of sulfonamides is 1. The smallest absolute Gasteiger partial charge is 0.262 e. The third-order valence-corrected chi connectivity index (χ3v) is 7.03. The Labute approximate surface area is 169 Å². The minimum Gasteiger partial charge on any atom is -0.302 e. The van der Waals surface area contributed by atoms with E-state index in [9.17, 15) is 13.2 Å². The number of carbonyl (C=O) groups is 1. The maximum atomic E-state index is 12.9. The van der Waals surface area contributed by atoms with Crippen LogP contribution in [0.1, 0.15) is 35.6 Å². The molecule has 0 aliphatic rings. The van der Waals surface area contributed by atoms with Crippen LogP contribution in [-0.2, 0) is 14.8 Å². The lowest BCUT2D eigenvalue weighted by Crippen LogP contribution is -2.15. The molecule has 0 bridgehead atoms. The molecule has 148 valence electrons. The van der Waals surface area contributed by atoms with Crippen molar-refractivity contribution in [3.05, 3.63) is 46.5 Å². The number of rotatable bonds is 5. The predicted molar refractivity (Wildman–Crippen MR) is 115 cm³/mol. The molecule has 28 heavy (non-hydrogen) atoms. The van der Waals surface area contributed by atoms with Crippen LogP contribution in [0, 0.1) is 27.7 Å². The summed E-state index contributed by atoms with van der Waals surface area (Å²) in [7, 11) is -3.72. The molecular formula is C20H23N3O3S2. The summed E-state index contributed by atoms with van der Waals surface area (Å²) in [5.74, 6) is -0.108. The van der Waals surface area contributed by atoms with Crippen LogP contribution in [0.25, 0.3) is 10.2 Å². The molecule has 8 heteroatoms. The van der Waals surface area contributed by atoms with Gasteiger partial charge in [-0.25, -0.2) is 13.4 Å². The van der Waals surface area contributed by atoms with E-state index in [1.807, 2.05) is 26.8 Å². The zero-order valence-corrected chi connectivity index (χ0v) is 18.1. The van der Waals surface area contributed by atoms with Gasteiger partial charge in [-0.2, -0.15) is 0 Å². The number of aryl methyl sites for hydroxylation is 4. The van der Waals surface area contributed by atoms with E-state index in [1.165, 1.54) is 11.3 Å². The fourth-order valence-corrected chi connectivity index (χ4v) is 5.30. The summed E-state index contributed by atoms with van der Waals surface area (Å²) in [6, 6.07) is 7.07. The quantitative estimate of drug-likeness (QED) is 0.631. The summed E-state index contributed by atoms with van der Waals surface area (Å²) in [6.07, 6.45) is 0.370. The maximum absolute atomic E-state index is 12.9. The Morgan fingerprint density at radius 1 is 1.00 bits per heavy atom. The lowest BCUT2D eigenvalue weighted by atomic mass is 10.1. The van der Waals surface area contributed by atoms with Gasteiger partial charge in [0.05, 0.1) is 20.8 Å². The second-order valence-corrected chi connectivity index (χ2v) is 9.55. The molecule has 1 heterocycles. The van der Waals surface area contributed by atoms with Gasteiger partial charge < -0.3 is 5.32 Å². The van der Waals surface area contributed by atoms with Gasteiger partial charge in [0, 0.05) is 6.42 Å². The standard InChI is InChI=1S/C20H23N3O3S2/c1-6-18(24)21-20-22-19-14(5)8-15(10-16(19)27-20)23-28(25,26)17-9-12(3)11(2)7-13(17)4/h7-10,23H,6H2,1-5H3,(H,21,22,24). The molecule has 0 atom stereocenters. The highest BCUT2D eigenvalue weighted by Gasteiger charge is 2.19. The van der Waals surface area contributed by atoms with Crippen molar-refractivity contribution in [1.29, 1.82) is 0 Å². The van der Waals surface area contributed by atoms with Gasteiger partial charge in [-0.15, -0.1) is 0 Å². The molecule has 0 unspecified atom stereocenters. The molecule has 2 aromatic carbocycles. The summed E-state index contributed by atoms with van der Waals surface area (Å²) in [6.45, 7) is 9.29. The number of aromatic nitrogens is 1. The number of hydrogen-bond donors (Lipinski definition) is 2. The predicted octanol–water partition coefficient (Wildman–Crippen LogP) is 4.68. The van der Waals surface area contributed by atoms with E-state index in [1.54, 1.807) is 32.0 Å². The topological polar surface area (TPSA) is 88.2 Å². The molecule has 3 rings (SSSR count). The molecule has 3 aromatic rings. The first kappa shape index (κ1) is 20.3. The number of amides is 1. The third kappa shape index (κ3) is 4.02. The SMILES string of the molecule is CCC(=O)Nc1nc2c(C)cc(NS(=O)(=O)c3cc(C)c(C)cc3C)cc2s1. The van der Waals surface area contributed by atoms with Crippen LogP contribution in [0.5, 0.6) is 0 Å². The second kappa shape index (κ2) is 7.52. The number of anilines is 2. The fraction of sp³-hybridized carbons (Fsp3) is 0.300. The van der Waals surface area contributed by atoms with E-state index < -0.39 is 10.0 Å². The molecule has 0 saturated heterocycles. The van der Waals surface area contributed by atoms with Crippen LogP contribution in [0.2, 0.25) is 0 Å². The second-order valence-electron chi connectivity index (χ2n) is 6.87. The highest BCUT2D eigenvalue weighted by molar-refractivity contribution is 7.92. The van der Waals surface area contributed by atoms with Crippen molar-refractivity contribution in [2.24, 2.45) is 0 Å². The summed E-state index contributed by atoms with van der Waals surface area (Å²) in [5, 5.41) is 3.26. The van der Waals surface area contributed by atoms with Crippen molar-refractivity contribution < 1.29 is 13.2 Å². The number of fused-ring (bicyclic) bond motifs is 1. The molecular weight excluding hydrogens is 394 g/mol. The number of nitrogens with zero attached hydrogens (tertiary/aromatic N) is 1. The largest absolute Gasteiger partial charge is 0.302 e. The van der Waals surface area contributed by atoms with Gasteiger partial charge in [0.15, 0.2) is 5.13 Å². The molecule has 0 aliphatic carbocycles. The molecule has 1 amide bonds. The van der Waals surface area contributed by atoms with Gasteiger partial charge in [0.1, 0.15) is 0 Å². The van der Waals surface area contributed by atoms with Crippen LogP contribution >= 0.6 is 11.3 Å². The Bertz CT molecular complexity index is 1180. The average Bonchev–Trinajstić information content (AvgIpc) is 3.00. The van der Waals surface area contributed by atoms with Crippen molar-refractivity contribution in [2.75, 3.05) is 10.0 Å². The first-order chi connectivity index (χ1) is 13.1. The van der Waals surface area contributed by atoms with Gasteiger partial charge in [-0.1, -0.05) is 24.3 Å². The van der Waals surface area contributed by atoms with Crippen LogP contribution < -0.4 is 10.0 Å². The lowest BCUT2D eigenvalue weighted by Gasteiger charge is -2.13. The van der Waals surface area contributed by atoms with Crippen molar-refractivity contribution in [1.82, 2.24) is 4.98 Å². The van der Waals surface area contributed by atoms with Gasteiger partial charge in [-0.3, -0.25) is 9.52 Å². The maximum Gasteiger partial charge on any atom is 0.262 e. The fourth-order valence-electron chi connectivity index (χ4n) is 2.95. The molecule has 0 radical (unpaired) electrons. The minimum absolute atomic E-state index is 0.108. The number of carbonyl (C=O) groups excluding carboxylic acids is 1. The van der Waals surface area contributed by atoms with Gasteiger partial charge in [-0.05, 0) is 68.1 Å². The summed E-state index contributed by atoms with van der Waals surface area (Å²) >= 11 is 1.32. The van der Waals surface area contributed by atoms with E-state index in [2.05, 4.69) is 15.0 Å². The molecule has 0 spiro atoms. The minimum atomic E-state index is -3.72. The van der Waals surface area contributed by atoms with E-state index in [0.717, 1.165) is 26.9 Å². The monoisotopic (exact) mass is 417 g/mol. The first-order valence-electron chi connectivity index (χ1n) is 8.92. The first-order valence-corrected chi connectivity index (χ1v) is 11.2. The van der Waals surface area contributed by atoms with E-state index in [-0.39, 0.29) is 10.8 Å². The summed E-state index contributed by atoms with van der Waals surface area (Å²) < 4.78 is 29.4. The Hall–Kier alpha value is -2.45. The van der Waals surface area contributed by atoms with E-state index in [0.29, 0.717) is 22.8 Å². The molecule has 2 N–H and O–H groups in total. The Morgan fingerprint density at radius 3 is 2.36 bits per heavy atom. The summed E-state index contributed by atoms with van der Waals surface area (Å²) in [5.41, 5.74) is 4.74. The third-order valence-electron chi connectivity index (χ3n) is 4.59. The van der Waals surface area contributed by atoms with Crippen molar-refractivity contribution in [3.8, 4) is 0 Å². The highest BCUT2D eigenvalue weighted by atomic mass is 32.2. The van der Waals surface area contributed by atoms with E-state index in [4.69, 9.17) is 0 Å². The zero-order chi connectivity index (χ0) is 20.6. The molecule has 6 nitrogen and oxygen atoms in total. The van der Waals surface area contributed by atoms with E-state index >= 15 is 0 Å². The summed E-state index contributed by atoms with van der Waals surface area (Å²) in [4.78, 5) is 16.3.